The second kappa shape index (κ2) is 10.5. The number of pyridine rings is 1. The first-order chi connectivity index (χ1) is 18.4. The maximum atomic E-state index is 13.3. The molecule has 0 saturated carbocycles. The Bertz CT molecular complexity index is 1590. The third-order valence-corrected chi connectivity index (χ3v) is 6.28. The summed E-state index contributed by atoms with van der Waals surface area (Å²) < 4.78 is 10.6. The van der Waals surface area contributed by atoms with Crippen LogP contribution in [0.4, 0.5) is 11.4 Å². The van der Waals surface area contributed by atoms with Gasteiger partial charge in [0.2, 0.25) is 0 Å². The maximum Gasteiger partial charge on any atom is 0.339 e. The number of aromatic nitrogens is 1. The van der Waals surface area contributed by atoms with Crippen LogP contribution in [0.1, 0.15) is 33.6 Å². The van der Waals surface area contributed by atoms with Crippen molar-refractivity contribution in [1.29, 1.82) is 0 Å². The van der Waals surface area contributed by atoms with E-state index in [-0.39, 0.29) is 11.4 Å². The Morgan fingerprint density at radius 2 is 1.84 bits per heavy atom. The van der Waals surface area contributed by atoms with Crippen molar-refractivity contribution in [3.8, 4) is 5.75 Å². The average Bonchev–Trinajstić information content (AvgIpc) is 3.32. The fourth-order valence-corrected chi connectivity index (χ4v) is 4.51. The first kappa shape index (κ1) is 24.6. The molecule has 1 heterocycles. The number of para-hydroxylation sites is 1. The monoisotopic (exact) mass is 509 g/mol. The number of hydrogen-bond acceptors (Lipinski definition) is 7. The minimum Gasteiger partial charge on any atom is -0.497 e. The molecule has 3 aromatic carbocycles. The van der Waals surface area contributed by atoms with Gasteiger partial charge in [0.15, 0.2) is 6.61 Å². The molecule has 1 amide bonds. The van der Waals surface area contributed by atoms with Gasteiger partial charge in [0, 0.05) is 23.2 Å². The summed E-state index contributed by atoms with van der Waals surface area (Å²) in [5.74, 6) is -0.462. The SMILES string of the molecule is COc1ccc(/C=C2/CCc3c2nc2ccccc2c3C(=O)OCC(=O)Nc2cccc([N+](=O)[O-])c2)cc1. The zero-order valence-electron chi connectivity index (χ0n) is 20.5. The second-order valence-electron chi connectivity index (χ2n) is 8.71. The molecule has 5 rings (SSSR count). The van der Waals surface area contributed by atoms with Crippen LogP contribution >= 0.6 is 0 Å². The van der Waals surface area contributed by atoms with E-state index in [0.29, 0.717) is 29.3 Å². The fraction of sp³-hybridized carbons (Fsp3) is 0.138. The Kier molecular flexibility index (Phi) is 6.82. The molecule has 0 radical (unpaired) electrons. The zero-order valence-corrected chi connectivity index (χ0v) is 20.5. The van der Waals surface area contributed by atoms with E-state index in [9.17, 15) is 19.7 Å². The molecule has 1 aliphatic carbocycles. The molecule has 0 saturated heterocycles. The lowest BCUT2D eigenvalue weighted by Crippen LogP contribution is -2.21. The molecule has 9 heteroatoms. The lowest BCUT2D eigenvalue weighted by Gasteiger charge is -2.12. The Morgan fingerprint density at radius 3 is 2.61 bits per heavy atom. The number of methoxy groups -OCH3 is 1. The molecule has 0 spiro atoms. The van der Waals surface area contributed by atoms with Gasteiger partial charge in [-0.05, 0) is 59.9 Å². The quantitative estimate of drug-likeness (QED) is 0.200. The molecule has 0 unspecified atom stereocenters. The van der Waals surface area contributed by atoms with Crippen LogP contribution < -0.4 is 10.1 Å². The number of nitrogens with one attached hydrogen (secondary N) is 1. The van der Waals surface area contributed by atoms with Crippen LogP contribution in [0.25, 0.3) is 22.6 Å². The van der Waals surface area contributed by atoms with Gasteiger partial charge in [-0.25, -0.2) is 9.78 Å². The Hall–Kier alpha value is -5.05. The maximum absolute atomic E-state index is 13.3. The first-order valence-electron chi connectivity index (χ1n) is 11.9. The van der Waals surface area contributed by atoms with Crippen LogP contribution in [0.3, 0.4) is 0 Å². The number of nitro groups is 1. The largest absolute Gasteiger partial charge is 0.497 e. The summed E-state index contributed by atoms with van der Waals surface area (Å²) in [6, 6.07) is 20.6. The lowest BCUT2D eigenvalue weighted by molar-refractivity contribution is -0.384. The summed E-state index contributed by atoms with van der Waals surface area (Å²) in [6.45, 7) is -0.540. The van der Waals surface area contributed by atoms with E-state index < -0.39 is 23.4 Å². The summed E-state index contributed by atoms with van der Waals surface area (Å²) >= 11 is 0. The molecule has 9 nitrogen and oxygen atoms in total. The molecule has 4 aromatic rings. The van der Waals surface area contributed by atoms with E-state index in [0.717, 1.165) is 28.1 Å². The third-order valence-electron chi connectivity index (χ3n) is 6.28. The van der Waals surface area contributed by atoms with Crippen molar-refractivity contribution in [3.05, 3.63) is 105 Å². The van der Waals surface area contributed by atoms with E-state index in [1.54, 1.807) is 7.11 Å². The van der Waals surface area contributed by atoms with Crippen LogP contribution in [-0.2, 0) is 16.0 Å². The predicted octanol–water partition coefficient (Wildman–Crippen LogP) is 5.43. The van der Waals surface area contributed by atoms with Gasteiger partial charge in [0.25, 0.3) is 11.6 Å². The normalized spacial score (nSPS) is 13.2. The number of benzene rings is 3. The first-order valence-corrected chi connectivity index (χ1v) is 11.9. The number of rotatable bonds is 7. The van der Waals surface area contributed by atoms with Gasteiger partial charge in [-0.2, -0.15) is 0 Å². The fourth-order valence-electron chi connectivity index (χ4n) is 4.51. The minimum atomic E-state index is -0.625. The van der Waals surface area contributed by atoms with Gasteiger partial charge in [-0.15, -0.1) is 0 Å². The summed E-state index contributed by atoms with van der Waals surface area (Å²) in [5.41, 5.74) is 4.66. The van der Waals surface area contributed by atoms with Crippen molar-refractivity contribution >= 4 is 45.8 Å². The van der Waals surface area contributed by atoms with Gasteiger partial charge < -0.3 is 14.8 Å². The second-order valence-corrected chi connectivity index (χ2v) is 8.71. The zero-order chi connectivity index (χ0) is 26.6. The highest BCUT2D eigenvalue weighted by Gasteiger charge is 2.28. The van der Waals surface area contributed by atoms with E-state index in [1.807, 2.05) is 48.5 Å². The Labute approximate surface area is 217 Å². The molecule has 1 aromatic heterocycles. The highest BCUT2D eigenvalue weighted by atomic mass is 16.6. The van der Waals surface area contributed by atoms with Crippen molar-refractivity contribution < 1.29 is 24.0 Å². The number of allylic oxidation sites excluding steroid dienone is 1. The predicted molar refractivity (Wildman–Crippen MR) is 143 cm³/mol. The van der Waals surface area contributed by atoms with Crippen molar-refractivity contribution in [3.63, 3.8) is 0 Å². The summed E-state index contributed by atoms with van der Waals surface area (Å²) in [5, 5.41) is 14.2. The minimum absolute atomic E-state index is 0.155. The molecular formula is C29H23N3O6. The highest BCUT2D eigenvalue weighted by molar-refractivity contribution is 6.08. The summed E-state index contributed by atoms with van der Waals surface area (Å²) in [7, 11) is 1.62. The van der Waals surface area contributed by atoms with Gasteiger partial charge in [0.05, 0.1) is 28.8 Å². The number of non-ortho nitro benzene ring substituents is 1. The van der Waals surface area contributed by atoms with Gasteiger partial charge in [0.1, 0.15) is 5.75 Å². The Balaban J connectivity index is 1.40. The van der Waals surface area contributed by atoms with Crippen LogP contribution in [-0.4, -0.2) is 35.5 Å². The highest BCUT2D eigenvalue weighted by Crippen LogP contribution is 2.38. The molecule has 190 valence electrons. The van der Waals surface area contributed by atoms with E-state index >= 15 is 0 Å². The lowest BCUT2D eigenvalue weighted by atomic mass is 10.0. The standard InChI is InChI=1S/C29H23N3O6/c1-37-22-12-9-18(10-13-22)15-19-11-14-24-27(23-7-2-3-8-25(23)31-28(19)24)29(34)38-17-26(33)30-20-5-4-6-21(16-20)32(35)36/h2-10,12-13,15-16H,11,14,17H2,1H3,(H,30,33)/b19-15-. The molecule has 0 fully saturated rings. The molecule has 1 N–H and O–H groups in total. The molecular weight excluding hydrogens is 486 g/mol. The number of ether oxygens (including phenoxy) is 2. The summed E-state index contributed by atoms with van der Waals surface area (Å²) in [4.78, 5) is 41.0. The number of hydrogen-bond donors (Lipinski definition) is 1. The number of carbonyl (C=O) groups excluding carboxylic acids is 2. The smallest absolute Gasteiger partial charge is 0.339 e. The summed E-state index contributed by atoms with van der Waals surface area (Å²) in [6.07, 6.45) is 3.37. The van der Waals surface area contributed by atoms with Crippen LogP contribution in [0, 0.1) is 10.1 Å². The van der Waals surface area contributed by atoms with Crippen LogP contribution in [0.2, 0.25) is 0 Å². The van der Waals surface area contributed by atoms with Gasteiger partial charge in [-0.1, -0.05) is 36.4 Å². The van der Waals surface area contributed by atoms with Crippen molar-refractivity contribution in [2.75, 3.05) is 19.0 Å². The average molecular weight is 510 g/mol. The van der Waals surface area contributed by atoms with Gasteiger partial charge in [-0.3, -0.25) is 14.9 Å². The molecule has 38 heavy (non-hydrogen) atoms. The van der Waals surface area contributed by atoms with Gasteiger partial charge >= 0.3 is 5.97 Å². The van der Waals surface area contributed by atoms with E-state index in [4.69, 9.17) is 14.5 Å². The van der Waals surface area contributed by atoms with E-state index in [1.165, 1.54) is 24.3 Å². The molecule has 0 atom stereocenters. The number of fused-ring (bicyclic) bond motifs is 2. The molecule has 0 aliphatic heterocycles. The Morgan fingerprint density at radius 1 is 1.05 bits per heavy atom. The molecule has 0 bridgehead atoms. The number of nitro benzene ring substituents is 1. The molecule has 1 aliphatic rings. The van der Waals surface area contributed by atoms with Crippen molar-refractivity contribution in [2.45, 2.75) is 12.8 Å². The number of esters is 1. The van der Waals surface area contributed by atoms with Crippen molar-refractivity contribution in [2.24, 2.45) is 0 Å². The number of carbonyl (C=O) groups is 2. The van der Waals surface area contributed by atoms with E-state index in [2.05, 4.69) is 11.4 Å². The topological polar surface area (TPSA) is 121 Å². The number of anilines is 1. The van der Waals surface area contributed by atoms with Crippen molar-refractivity contribution in [1.82, 2.24) is 4.98 Å². The third kappa shape index (κ3) is 5.08. The number of nitrogens with zero attached hydrogens (tertiary/aromatic N) is 2. The van der Waals surface area contributed by atoms with Crippen LogP contribution in [0.5, 0.6) is 5.75 Å². The number of amides is 1. The van der Waals surface area contributed by atoms with Crippen LogP contribution in [0.15, 0.2) is 72.8 Å².